The first kappa shape index (κ1) is 19.9. The van der Waals surface area contributed by atoms with Gasteiger partial charge in [0.25, 0.3) is 11.5 Å². The number of hydrogen-bond acceptors (Lipinski definition) is 6. The van der Waals surface area contributed by atoms with Crippen molar-refractivity contribution < 1.29 is 9.90 Å². The highest BCUT2D eigenvalue weighted by atomic mass is 16.3. The Balaban J connectivity index is 1.96. The Morgan fingerprint density at radius 1 is 1.33 bits per heavy atom. The van der Waals surface area contributed by atoms with E-state index in [4.69, 9.17) is 0 Å². The monoisotopic (exact) mass is 410 g/mol. The smallest absolute Gasteiger partial charge is 0.270 e. The van der Waals surface area contributed by atoms with Crippen LogP contribution in [0.15, 0.2) is 29.2 Å². The zero-order valence-corrected chi connectivity index (χ0v) is 17.6. The van der Waals surface area contributed by atoms with Gasteiger partial charge in [-0.25, -0.2) is 4.98 Å². The average Bonchev–Trinajstić information content (AvgIpc) is 3.38. The lowest BCUT2D eigenvalue weighted by molar-refractivity contribution is 0.0944. The standard InChI is InChI=1S/C21H26N6O3/c1-21(2,3)11-26-15-10-14(13-6-5-9-23-17(13)22-4)25-27(15)20(30)16(19(26)29)18(28)24-12-7-8-12/h5-6,9-10,12,30H,7-8,11H2,1-4H3,(H,22,23)(H,24,28). The summed E-state index contributed by atoms with van der Waals surface area (Å²) < 4.78 is 2.77. The zero-order chi connectivity index (χ0) is 21.6. The van der Waals surface area contributed by atoms with Crippen LogP contribution in [-0.2, 0) is 6.54 Å². The van der Waals surface area contributed by atoms with Crippen LogP contribution in [0.1, 0.15) is 44.0 Å². The number of anilines is 1. The molecule has 158 valence electrons. The van der Waals surface area contributed by atoms with Gasteiger partial charge in [0.2, 0.25) is 5.88 Å². The number of pyridine rings is 1. The first-order valence-corrected chi connectivity index (χ1v) is 9.99. The van der Waals surface area contributed by atoms with Gasteiger partial charge in [-0.1, -0.05) is 20.8 Å². The van der Waals surface area contributed by atoms with Crippen LogP contribution in [0.3, 0.4) is 0 Å². The molecule has 9 nitrogen and oxygen atoms in total. The van der Waals surface area contributed by atoms with Gasteiger partial charge >= 0.3 is 0 Å². The molecule has 0 atom stereocenters. The molecule has 9 heteroatoms. The number of nitrogens with one attached hydrogen (secondary N) is 2. The van der Waals surface area contributed by atoms with Crippen LogP contribution in [-0.4, -0.2) is 43.3 Å². The lowest BCUT2D eigenvalue weighted by Gasteiger charge is -2.21. The van der Waals surface area contributed by atoms with Crippen LogP contribution >= 0.6 is 0 Å². The first-order valence-electron chi connectivity index (χ1n) is 9.99. The van der Waals surface area contributed by atoms with Gasteiger partial charge in [-0.3, -0.25) is 14.2 Å². The molecule has 1 aliphatic carbocycles. The number of carbonyl (C=O) groups is 1. The largest absolute Gasteiger partial charge is 0.492 e. The summed E-state index contributed by atoms with van der Waals surface area (Å²) >= 11 is 0. The molecular weight excluding hydrogens is 384 g/mol. The fraction of sp³-hybridized carbons (Fsp3) is 0.429. The van der Waals surface area contributed by atoms with Crippen LogP contribution in [0.2, 0.25) is 0 Å². The summed E-state index contributed by atoms with van der Waals surface area (Å²) in [6.07, 6.45) is 3.42. The molecule has 0 aromatic carbocycles. The highest BCUT2D eigenvalue weighted by Crippen LogP contribution is 2.29. The van der Waals surface area contributed by atoms with Crippen molar-refractivity contribution in [1.82, 2.24) is 24.5 Å². The molecule has 0 spiro atoms. The Labute approximate surface area is 173 Å². The molecule has 1 fully saturated rings. The Kier molecular flexibility index (Phi) is 4.76. The van der Waals surface area contributed by atoms with Crippen molar-refractivity contribution in [2.24, 2.45) is 5.41 Å². The van der Waals surface area contributed by atoms with Crippen LogP contribution in [0, 0.1) is 5.41 Å². The Bertz CT molecular complexity index is 1180. The van der Waals surface area contributed by atoms with E-state index >= 15 is 0 Å². The van der Waals surface area contributed by atoms with Crippen molar-refractivity contribution in [3.63, 3.8) is 0 Å². The molecule has 3 heterocycles. The number of amides is 1. The third-order valence-corrected chi connectivity index (χ3v) is 4.94. The van der Waals surface area contributed by atoms with Crippen molar-refractivity contribution >= 4 is 17.4 Å². The van der Waals surface area contributed by atoms with Gasteiger partial charge in [0.15, 0.2) is 5.56 Å². The van der Waals surface area contributed by atoms with Gasteiger partial charge < -0.3 is 15.7 Å². The predicted molar refractivity (Wildman–Crippen MR) is 114 cm³/mol. The maximum atomic E-state index is 13.3. The van der Waals surface area contributed by atoms with Gasteiger partial charge in [-0.2, -0.15) is 9.61 Å². The normalized spacial score (nSPS) is 14.1. The summed E-state index contributed by atoms with van der Waals surface area (Å²) in [5.41, 5.74) is 0.621. The Hall–Kier alpha value is -3.36. The molecular formula is C21H26N6O3. The van der Waals surface area contributed by atoms with Crippen LogP contribution < -0.4 is 16.2 Å². The molecule has 1 saturated carbocycles. The van der Waals surface area contributed by atoms with Gasteiger partial charge in [0.1, 0.15) is 11.5 Å². The second kappa shape index (κ2) is 7.16. The predicted octanol–water partition coefficient (Wildman–Crippen LogP) is 2.24. The van der Waals surface area contributed by atoms with Crippen molar-refractivity contribution in [3.8, 4) is 17.1 Å². The minimum Gasteiger partial charge on any atom is -0.492 e. The fourth-order valence-electron chi connectivity index (χ4n) is 3.41. The topological polar surface area (TPSA) is 114 Å². The molecule has 0 aliphatic heterocycles. The fourth-order valence-corrected chi connectivity index (χ4v) is 3.41. The second-order valence-corrected chi connectivity index (χ2v) is 8.85. The highest BCUT2D eigenvalue weighted by Gasteiger charge is 2.30. The molecule has 0 unspecified atom stereocenters. The van der Waals surface area contributed by atoms with Crippen LogP contribution in [0.4, 0.5) is 5.82 Å². The van der Waals surface area contributed by atoms with Crippen molar-refractivity contribution in [2.75, 3.05) is 12.4 Å². The van der Waals surface area contributed by atoms with Crippen LogP contribution in [0.5, 0.6) is 5.88 Å². The summed E-state index contributed by atoms with van der Waals surface area (Å²) in [6.45, 7) is 6.37. The maximum absolute atomic E-state index is 13.3. The van der Waals surface area contributed by atoms with Gasteiger partial charge in [-0.15, -0.1) is 0 Å². The maximum Gasteiger partial charge on any atom is 0.270 e. The number of rotatable bonds is 5. The number of hydrogen-bond donors (Lipinski definition) is 3. The SMILES string of the molecule is CNc1ncccc1-c1cc2n(CC(C)(C)C)c(=O)c(C(=O)NC3CC3)c(O)n2n1. The number of carbonyl (C=O) groups excluding carboxylic acids is 1. The molecule has 3 aromatic rings. The van der Waals surface area contributed by atoms with E-state index in [2.05, 4.69) is 20.7 Å². The number of nitrogens with zero attached hydrogens (tertiary/aromatic N) is 4. The molecule has 1 aliphatic rings. The van der Waals surface area contributed by atoms with Crippen molar-refractivity contribution in [1.29, 1.82) is 0 Å². The molecule has 0 bridgehead atoms. The van der Waals surface area contributed by atoms with E-state index in [-0.39, 0.29) is 17.0 Å². The van der Waals surface area contributed by atoms with E-state index in [9.17, 15) is 14.7 Å². The van der Waals surface area contributed by atoms with E-state index in [1.54, 1.807) is 25.4 Å². The molecule has 4 rings (SSSR count). The lowest BCUT2D eigenvalue weighted by atomic mass is 9.97. The Morgan fingerprint density at radius 2 is 2.07 bits per heavy atom. The summed E-state index contributed by atoms with van der Waals surface area (Å²) in [5, 5.41) is 21.2. The van der Waals surface area contributed by atoms with E-state index in [0.717, 1.165) is 18.4 Å². The average molecular weight is 410 g/mol. The van der Waals surface area contributed by atoms with E-state index < -0.39 is 17.3 Å². The Morgan fingerprint density at radius 3 is 2.70 bits per heavy atom. The summed E-state index contributed by atoms with van der Waals surface area (Å²) in [4.78, 5) is 30.3. The summed E-state index contributed by atoms with van der Waals surface area (Å²) in [6, 6.07) is 5.43. The molecule has 30 heavy (non-hydrogen) atoms. The van der Waals surface area contributed by atoms with Gasteiger partial charge in [0.05, 0.1) is 5.69 Å². The second-order valence-electron chi connectivity index (χ2n) is 8.85. The number of aromatic hydroxyl groups is 1. The molecule has 3 aromatic heterocycles. The minimum atomic E-state index is -0.570. The number of fused-ring (bicyclic) bond motifs is 1. The zero-order valence-electron chi connectivity index (χ0n) is 17.6. The van der Waals surface area contributed by atoms with E-state index in [1.807, 2.05) is 26.8 Å². The summed E-state index contributed by atoms with van der Waals surface area (Å²) in [5.74, 6) is -0.407. The first-order chi connectivity index (χ1) is 14.2. The highest BCUT2D eigenvalue weighted by molar-refractivity contribution is 5.96. The lowest BCUT2D eigenvalue weighted by Crippen LogP contribution is -2.37. The van der Waals surface area contributed by atoms with Gasteiger partial charge in [0, 0.05) is 37.5 Å². The third-order valence-electron chi connectivity index (χ3n) is 4.94. The van der Waals surface area contributed by atoms with Crippen molar-refractivity contribution in [2.45, 2.75) is 46.2 Å². The minimum absolute atomic E-state index is 0.0600. The third kappa shape index (κ3) is 3.62. The quantitative estimate of drug-likeness (QED) is 0.595. The van der Waals surface area contributed by atoms with Gasteiger partial charge in [-0.05, 0) is 30.4 Å². The van der Waals surface area contributed by atoms with Crippen molar-refractivity contribution in [3.05, 3.63) is 40.3 Å². The molecule has 0 saturated heterocycles. The molecule has 3 N–H and O–H groups in total. The van der Waals surface area contributed by atoms with Crippen LogP contribution in [0.25, 0.3) is 16.9 Å². The molecule has 1 amide bonds. The van der Waals surface area contributed by atoms with E-state index in [0.29, 0.717) is 23.7 Å². The molecule has 0 radical (unpaired) electrons. The number of aromatic nitrogens is 4. The summed E-state index contributed by atoms with van der Waals surface area (Å²) in [7, 11) is 1.76. The van der Waals surface area contributed by atoms with E-state index in [1.165, 1.54) is 9.08 Å².